The highest BCUT2D eigenvalue weighted by Gasteiger charge is 2.19. The van der Waals surface area contributed by atoms with Gasteiger partial charge in [-0.3, -0.25) is 19.7 Å². The third kappa shape index (κ3) is 2.69. The molecule has 8 nitrogen and oxygen atoms in total. The number of aromatic nitrogens is 2. The lowest BCUT2D eigenvalue weighted by Crippen LogP contribution is -2.08. The number of carboxylic acid groups (broad SMARTS) is 1. The molecule has 0 radical (unpaired) electrons. The summed E-state index contributed by atoms with van der Waals surface area (Å²) in [5.41, 5.74) is -0.0541. The smallest absolute Gasteiger partial charge is 0.311 e. The molecule has 20 heavy (non-hydrogen) atoms. The van der Waals surface area contributed by atoms with E-state index in [1.54, 1.807) is 0 Å². The molecule has 1 aromatic carbocycles. The second kappa shape index (κ2) is 5.31. The van der Waals surface area contributed by atoms with Crippen molar-refractivity contribution in [3.63, 3.8) is 0 Å². The molecule has 0 saturated heterocycles. The summed E-state index contributed by atoms with van der Waals surface area (Å²) in [7, 11) is 0. The van der Waals surface area contributed by atoms with Crippen molar-refractivity contribution in [2.24, 2.45) is 0 Å². The number of benzene rings is 1. The third-order valence-corrected chi connectivity index (χ3v) is 2.59. The van der Waals surface area contributed by atoms with Gasteiger partial charge in [0.2, 0.25) is 0 Å². The van der Waals surface area contributed by atoms with E-state index < -0.39 is 23.1 Å². The highest BCUT2D eigenvalue weighted by Crippen LogP contribution is 2.24. The van der Waals surface area contributed by atoms with Crippen LogP contribution in [0.4, 0.5) is 5.69 Å². The fourth-order valence-electron chi connectivity index (χ4n) is 1.70. The minimum absolute atomic E-state index is 0.0111. The lowest BCUT2D eigenvalue weighted by Gasteiger charge is -2.05. The van der Waals surface area contributed by atoms with Gasteiger partial charge in [-0.05, 0) is 12.1 Å². The van der Waals surface area contributed by atoms with Gasteiger partial charge in [0, 0.05) is 24.0 Å². The van der Waals surface area contributed by atoms with Gasteiger partial charge in [-0.2, -0.15) is 0 Å². The zero-order chi connectivity index (χ0) is 14.7. The molecule has 2 aromatic rings. The minimum atomic E-state index is -1.28. The SMILES string of the molecule is O=C(O)CC(=O)c1ccc(-n2ccnc2)c([N+](=O)[O-])c1. The molecule has 8 heteroatoms. The number of carbonyl (C=O) groups is 2. The topological polar surface area (TPSA) is 115 Å². The lowest BCUT2D eigenvalue weighted by molar-refractivity contribution is -0.384. The van der Waals surface area contributed by atoms with Crippen molar-refractivity contribution >= 4 is 17.4 Å². The minimum Gasteiger partial charge on any atom is -0.481 e. The van der Waals surface area contributed by atoms with Crippen LogP contribution in [0, 0.1) is 10.1 Å². The monoisotopic (exact) mass is 275 g/mol. The van der Waals surface area contributed by atoms with Crippen molar-refractivity contribution in [2.75, 3.05) is 0 Å². The maximum atomic E-state index is 11.6. The van der Waals surface area contributed by atoms with Crippen LogP contribution in [0.15, 0.2) is 36.9 Å². The van der Waals surface area contributed by atoms with Crippen LogP contribution in [0.25, 0.3) is 5.69 Å². The van der Waals surface area contributed by atoms with E-state index in [1.807, 2.05) is 0 Å². The molecule has 0 spiro atoms. The Hall–Kier alpha value is -3.03. The van der Waals surface area contributed by atoms with Crippen LogP contribution >= 0.6 is 0 Å². The predicted octanol–water partition coefficient (Wildman–Crippen LogP) is 1.44. The fraction of sp³-hybridized carbons (Fsp3) is 0.0833. The van der Waals surface area contributed by atoms with Crippen LogP contribution in [0.5, 0.6) is 0 Å². The Kier molecular flexibility index (Phi) is 3.56. The molecular weight excluding hydrogens is 266 g/mol. The first kappa shape index (κ1) is 13.4. The number of nitrogens with zero attached hydrogens (tertiary/aromatic N) is 3. The Labute approximate surface area is 112 Å². The number of nitro groups is 1. The van der Waals surface area contributed by atoms with Gasteiger partial charge in [0.25, 0.3) is 5.69 Å². The van der Waals surface area contributed by atoms with Crippen molar-refractivity contribution in [2.45, 2.75) is 6.42 Å². The Morgan fingerprint density at radius 3 is 2.70 bits per heavy atom. The van der Waals surface area contributed by atoms with Gasteiger partial charge in [-0.1, -0.05) is 0 Å². The van der Waals surface area contributed by atoms with Gasteiger partial charge in [-0.15, -0.1) is 0 Å². The molecule has 0 unspecified atom stereocenters. The maximum Gasteiger partial charge on any atom is 0.311 e. The fourth-order valence-corrected chi connectivity index (χ4v) is 1.70. The van der Waals surface area contributed by atoms with Crippen LogP contribution < -0.4 is 0 Å². The highest BCUT2D eigenvalue weighted by molar-refractivity contribution is 6.06. The number of Topliss-reactive ketones (excluding diaryl/α,β-unsaturated/α-hetero) is 1. The van der Waals surface area contributed by atoms with Gasteiger partial charge in [0.1, 0.15) is 12.1 Å². The van der Waals surface area contributed by atoms with Crippen molar-refractivity contribution in [1.29, 1.82) is 0 Å². The molecule has 0 atom stereocenters. The van der Waals surface area contributed by atoms with E-state index in [1.165, 1.54) is 35.4 Å². The van der Waals surface area contributed by atoms with Crippen molar-refractivity contribution in [1.82, 2.24) is 9.55 Å². The van der Waals surface area contributed by atoms with Crippen LogP contribution in [0.1, 0.15) is 16.8 Å². The predicted molar refractivity (Wildman–Crippen MR) is 66.8 cm³/mol. The molecule has 0 aliphatic carbocycles. The van der Waals surface area contributed by atoms with Crippen molar-refractivity contribution in [3.8, 4) is 5.69 Å². The van der Waals surface area contributed by atoms with Gasteiger partial charge >= 0.3 is 5.97 Å². The summed E-state index contributed by atoms with van der Waals surface area (Å²) in [4.78, 5) is 36.3. The van der Waals surface area contributed by atoms with E-state index in [2.05, 4.69) is 4.98 Å². The quantitative estimate of drug-likeness (QED) is 0.382. The maximum absolute atomic E-state index is 11.6. The van der Waals surface area contributed by atoms with E-state index in [-0.39, 0.29) is 16.9 Å². The summed E-state index contributed by atoms with van der Waals surface area (Å²) in [6.45, 7) is 0. The van der Waals surface area contributed by atoms with E-state index in [0.717, 1.165) is 6.07 Å². The Bertz CT molecular complexity index is 678. The van der Waals surface area contributed by atoms with Crippen LogP contribution in [-0.4, -0.2) is 31.3 Å². The Morgan fingerprint density at radius 1 is 1.40 bits per heavy atom. The largest absolute Gasteiger partial charge is 0.481 e. The summed E-state index contributed by atoms with van der Waals surface area (Å²) in [6, 6.07) is 3.81. The van der Waals surface area contributed by atoms with Gasteiger partial charge in [-0.25, -0.2) is 4.98 Å². The first-order valence-electron chi connectivity index (χ1n) is 5.51. The summed E-state index contributed by atoms with van der Waals surface area (Å²) in [5, 5.41) is 19.6. The number of nitro benzene ring substituents is 1. The van der Waals surface area contributed by atoms with Gasteiger partial charge in [0.05, 0.1) is 11.3 Å². The first-order valence-corrected chi connectivity index (χ1v) is 5.51. The molecule has 0 aliphatic heterocycles. The number of hydrogen-bond donors (Lipinski definition) is 1. The normalized spacial score (nSPS) is 10.2. The zero-order valence-corrected chi connectivity index (χ0v) is 10.1. The van der Waals surface area contributed by atoms with E-state index >= 15 is 0 Å². The van der Waals surface area contributed by atoms with Crippen molar-refractivity contribution in [3.05, 3.63) is 52.6 Å². The third-order valence-electron chi connectivity index (χ3n) is 2.59. The molecular formula is C12H9N3O5. The number of aliphatic carboxylic acids is 1. The standard InChI is InChI=1S/C12H9N3O5/c16-11(6-12(17)18)8-1-2-9(10(5-8)15(19)20)14-4-3-13-7-14/h1-5,7H,6H2,(H,17,18). The second-order valence-corrected chi connectivity index (χ2v) is 3.92. The molecule has 1 heterocycles. The number of rotatable bonds is 5. The summed E-state index contributed by atoms with van der Waals surface area (Å²) < 4.78 is 1.43. The van der Waals surface area contributed by atoms with Gasteiger partial charge in [0.15, 0.2) is 5.78 Å². The van der Waals surface area contributed by atoms with E-state index in [9.17, 15) is 19.7 Å². The average Bonchev–Trinajstić information content (AvgIpc) is 2.90. The average molecular weight is 275 g/mol. The van der Waals surface area contributed by atoms with Crippen LogP contribution in [-0.2, 0) is 4.79 Å². The molecule has 1 N–H and O–H groups in total. The number of ketones is 1. The summed E-state index contributed by atoms with van der Waals surface area (Å²) >= 11 is 0. The lowest BCUT2D eigenvalue weighted by atomic mass is 10.1. The number of carboxylic acids is 1. The molecule has 0 aliphatic rings. The first-order chi connectivity index (χ1) is 9.49. The highest BCUT2D eigenvalue weighted by atomic mass is 16.6. The molecule has 1 aromatic heterocycles. The summed E-state index contributed by atoms with van der Waals surface area (Å²) in [5.74, 6) is -1.96. The van der Waals surface area contributed by atoms with Crippen LogP contribution in [0.3, 0.4) is 0 Å². The molecule has 102 valence electrons. The second-order valence-electron chi connectivity index (χ2n) is 3.92. The number of carbonyl (C=O) groups excluding carboxylic acids is 1. The molecule has 0 bridgehead atoms. The van der Waals surface area contributed by atoms with Gasteiger partial charge < -0.3 is 9.67 Å². The molecule has 2 rings (SSSR count). The Morgan fingerprint density at radius 2 is 2.15 bits per heavy atom. The van der Waals surface area contributed by atoms with E-state index in [0.29, 0.717) is 0 Å². The summed E-state index contributed by atoms with van der Waals surface area (Å²) in [6.07, 6.45) is 3.68. The van der Waals surface area contributed by atoms with E-state index in [4.69, 9.17) is 5.11 Å². The molecule has 0 fully saturated rings. The molecule has 0 saturated carbocycles. The Balaban J connectivity index is 2.46. The molecule has 0 amide bonds. The van der Waals surface area contributed by atoms with Crippen molar-refractivity contribution < 1.29 is 19.6 Å². The number of hydrogen-bond acceptors (Lipinski definition) is 5. The van der Waals surface area contributed by atoms with Crippen LogP contribution in [0.2, 0.25) is 0 Å². The number of imidazole rings is 1. The zero-order valence-electron chi connectivity index (χ0n) is 10.1.